The molecule has 2 aliphatic heterocycles. The van der Waals surface area contributed by atoms with E-state index >= 15 is 0 Å². The van der Waals surface area contributed by atoms with E-state index < -0.39 is 0 Å². The molecule has 1 unspecified atom stereocenters. The molecule has 4 nitrogen and oxygen atoms in total. The quantitative estimate of drug-likeness (QED) is 0.726. The Balaban J connectivity index is 1.90. The molecule has 2 fully saturated rings. The minimum Gasteiger partial charge on any atom is -0.340 e. The molecule has 0 aromatic heterocycles. The van der Waals surface area contributed by atoms with Gasteiger partial charge in [-0.1, -0.05) is 26.7 Å². The van der Waals surface area contributed by atoms with Gasteiger partial charge in [0.15, 0.2) is 0 Å². The van der Waals surface area contributed by atoms with Crippen LogP contribution in [0.3, 0.4) is 0 Å². The van der Waals surface area contributed by atoms with E-state index in [0.29, 0.717) is 13.0 Å². The van der Waals surface area contributed by atoms with E-state index in [1.54, 1.807) is 0 Å². The highest BCUT2D eigenvalue weighted by atomic mass is 16.2. The molecule has 2 amide bonds. The Morgan fingerprint density at radius 1 is 1.15 bits per heavy atom. The number of rotatable bonds is 5. The Labute approximate surface area is 122 Å². The molecule has 0 spiro atoms. The number of piperidine rings is 1. The lowest BCUT2D eigenvalue weighted by Gasteiger charge is -2.34. The largest absolute Gasteiger partial charge is 0.340 e. The second kappa shape index (κ2) is 7.09. The summed E-state index contributed by atoms with van der Waals surface area (Å²) in [5, 5.41) is 0. The fourth-order valence-electron chi connectivity index (χ4n) is 3.26. The van der Waals surface area contributed by atoms with Crippen LogP contribution >= 0.6 is 0 Å². The molecule has 1 atom stereocenters. The van der Waals surface area contributed by atoms with Gasteiger partial charge in [0.05, 0.1) is 0 Å². The first kappa shape index (κ1) is 15.3. The molecule has 0 aromatic rings. The third-order valence-corrected chi connectivity index (χ3v) is 4.47. The van der Waals surface area contributed by atoms with Crippen molar-refractivity contribution < 1.29 is 9.59 Å². The summed E-state index contributed by atoms with van der Waals surface area (Å²) < 4.78 is 0. The Morgan fingerprint density at radius 3 is 2.70 bits per heavy atom. The number of hydrogen-bond donors (Lipinski definition) is 0. The van der Waals surface area contributed by atoms with Gasteiger partial charge >= 0.3 is 0 Å². The topological polar surface area (TPSA) is 40.6 Å². The van der Waals surface area contributed by atoms with Gasteiger partial charge in [-0.2, -0.15) is 0 Å². The van der Waals surface area contributed by atoms with Crippen molar-refractivity contribution in [3.63, 3.8) is 0 Å². The van der Waals surface area contributed by atoms with E-state index in [1.165, 1.54) is 12.8 Å². The number of nitrogens with zero attached hydrogens (tertiary/aromatic N) is 2. The van der Waals surface area contributed by atoms with Gasteiger partial charge in [0, 0.05) is 26.1 Å². The first-order valence-electron chi connectivity index (χ1n) is 8.18. The summed E-state index contributed by atoms with van der Waals surface area (Å²) in [7, 11) is 0. The molecule has 0 aliphatic carbocycles. The molecule has 4 heteroatoms. The first-order valence-corrected chi connectivity index (χ1v) is 8.18. The molecule has 20 heavy (non-hydrogen) atoms. The molecule has 2 saturated heterocycles. The molecule has 0 saturated carbocycles. The Morgan fingerprint density at radius 2 is 1.95 bits per heavy atom. The van der Waals surface area contributed by atoms with Crippen molar-refractivity contribution in [3.8, 4) is 0 Å². The standard InChI is InChI=1S/C16H28N2O2/c1-13(2)7-3-5-10-17-12-9-15(19)18-11-6-4-8-14(18)16(17)20/h13-14H,3-12H2,1-2H3. The van der Waals surface area contributed by atoms with Crippen molar-refractivity contribution in [2.24, 2.45) is 5.92 Å². The van der Waals surface area contributed by atoms with E-state index in [9.17, 15) is 9.59 Å². The third kappa shape index (κ3) is 3.74. The summed E-state index contributed by atoms with van der Waals surface area (Å²) in [6.07, 6.45) is 6.93. The van der Waals surface area contributed by atoms with Crippen LogP contribution in [0, 0.1) is 5.92 Å². The summed E-state index contributed by atoms with van der Waals surface area (Å²) in [6.45, 7) is 6.68. The summed E-state index contributed by atoms with van der Waals surface area (Å²) in [6, 6.07) is -0.163. The average Bonchev–Trinajstić information content (AvgIpc) is 2.55. The van der Waals surface area contributed by atoms with Gasteiger partial charge in [0.2, 0.25) is 11.8 Å². The number of hydrogen-bond acceptors (Lipinski definition) is 2. The lowest BCUT2D eigenvalue weighted by Crippen LogP contribution is -2.49. The summed E-state index contributed by atoms with van der Waals surface area (Å²) >= 11 is 0. The Kier molecular flexibility index (Phi) is 5.44. The van der Waals surface area contributed by atoms with Gasteiger partial charge in [0.1, 0.15) is 6.04 Å². The van der Waals surface area contributed by atoms with E-state index in [1.807, 2.05) is 9.80 Å². The Hall–Kier alpha value is -1.06. The number of unbranched alkanes of at least 4 members (excludes halogenated alkanes) is 1. The fraction of sp³-hybridized carbons (Fsp3) is 0.875. The third-order valence-electron chi connectivity index (χ3n) is 4.47. The maximum Gasteiger partial charge on any atom is 0.245 e. The highest BCUT2D eigenvalue weighted by Gasteiger charge is 2.37. The van der Waals surface area contributed by atoms with Crippen molar-refractivity contribution in [2.75, 3.05) is 19.6 Å². The predicted molar refractivity (Wildman–Crippen MR) is 79.2 cm³/mol. The van der Waals surface area contributed by atoms with Crippen molar-refractivity contribution in [3.05, 3.63) is 0 Å². The lowest BCUT2D eigenvalue weighted by molar-refractivity contribution is -0.143. The number of amides is 2. The number of carbonyl (C=O) groups is 2. The van der Waals surface area contributed by atoms with E-state index in [2.05, 4.69) is 13.8 Å². The van der Waals surface area contributed by atoms with Gasteiger partial charge < -0.3 is 9.80 Å². The molecule has 114 valence electrons. The van der Waals surface area contributed by atoms with Crippen molar-refractivity contribution in [2.45, 2.75) is 64.8 Å². The summed E-state index contributed by atoms with van der Waals surface area (Å²) in [5.74, 6) is 1.10. The SMILES string of the molecule is CC(C)CCCCN1CCC(=O)N2CCCCC2C1=O. The fourth-order valence-corrected chi connectivity index (χ4v) is 3.26. The van der Waals surface area contributed by atoms with E-state index in [4.69, 9.17) is 0 Å². The molecule has 2 heterocycles. The van der Waals surface area contributed by atoms with Crippen LogP contribution in [0.2, 0.25) is 0 Å². The number of fused-ring (bicyclic) bond motifs is 1. The zero-order valence-electron chi connectivity index (χ0n) is 12.9. The van der Waals surface area contributed by atoms with Gasteiger partial charge in [-0.3, -0.25) is 9.59 Å². The van der Waals surface area contributed by atoms with Crippen LogP contribution in [0.1, 0.15) is 58.8 Å². The monoisotopic (exact) mass is 280 g/mol. The molecular formula is C16H28N2O2. The number of carbonyl (C=O) groups excluding carboxylic acids is 2. The van der Waals surface area contributed by atoms with Gasteiger partial charge in [-0.25, -0.2) is 0 Å². The van der Waals surface area contributed by atoms with Gasteiger partial charge in [-0.05, 0) is 31.6 Å². The van der Waals surface area contributed by atoms with Crippen LogP contribution in [0.5, 0.6) is 0 Å². The van der Waals surface area contributed by atoms with E-state index in [0.717, 1.165) is 44.7 Å². The zero-order valence-corrected chi connectivity index (χ0v) is 12.9. The maximum absolute atomic E-state index is 12.6. The molecule has 0 N–H and O–H groups in total. The first-order chi connectivity index (χ1) is 9.59. The summed E-state index contributed by atoms with van der Waals surface area (Å²) in [4.78, 5) is 28.5. The van der Waals surface area contributed by atoms with Crippen molar-refractivity contribution >= 4 is 11.8 Å². The van der Waals surface area contributed by atoms with Crippen LogP contribution in [0.4, 0.5) is 0 Å². The highest BCUT2D eigenvalue weighted by Crippen LogP contribution is 2.23. The molecule has 0 bridgehead atoms. The predicted octanol–water partition coefficient (Wildman–Crippen LogP) is 2.43. The second-order valence-electron chi connectivity index (χ2n) is 6.56. The van der Waals surface area contributed by atoms with Crippen molar-refractivity contribution in [1.82, 2.24) is 9.80 Å². The van der Waals surface area contributed by atoms with Crippen LogP contribution in [-0.4, -0.2) is 47.3 Å². The molecule has 0 aromatic carbocycles. The minimum absolute atomic E-state index is 0.163. The van der Waals surface area contributed by atoms with Crippen molar-refractivity contribution in [1.29, 1.82) is 0 Å². The highest BCUT2D eigenvalue weighted by molar-refractivity contribution is 5.90. The lowest BCUT2D eigenvalue weighted by atomic mass is 10.0. The zero-order chi connectivity index (χ0) is 14.5. The second-order valence-corrected chi connectivity index (χ2v) is 6.56. The van der Waals surface area contributed by atoms with Gasteiger partial charge in [-0.15, -0.1) is 0 Å². The van der Waals surface area contributed by atoms with Crippen LogP contribution < -0.4 is 0 Å². The van der Waals surface area contributed by atoms with Crippen LogP contribution in [-0.2, 0) is 9.59 Å². The smallest absolute Gasteiger partial charge is 0.245 e. The maximum atomic E-state index is 12.6. The molecule has 2 aliphatic rings. The molecule has 0 radical (unpaired) electrons. The minimum atomic E-state index is -0.163. The molecular weight excluding hydrogens is 252 g/mol. The normalized spacial score (nSPS) is 24.1. The van der Waals surface area contributed by atoms with E-state index in [-0.39, 0.29) is 17.9 Å². The average molecular weight is 280 g/mol. The summed E-state index contributed by atoms with van der Waals surface area (Å²) in [5.41, 5.74) is 0. The van der Waals surface area contributed by atoms with Gasteiger partial charge in [0.25, 0.3) is 0 Å². The Bertz CT molecular complexity index is 354. The van der Waals surface area contributed by atoms with Crippen LogP contribution in [0.25, 0.3) is 0 Å². The van der Waals surface area contributed by atoms with Crippen LogP contribution in [0.15, 0.2) is 0 Å². The molecule has 2 rings (SSSR count).